The topological polar surface area (TPSA) is 77.7 Å². The molecule has 2 aromatic heterocycles. The molecule has 2 fully saturated rings. The van der Waals surface area contributed by atoms with Crippen molar-refractivity contribution in [3.63, 3.8) is 0 Å². The maximum Gasteiger partial charge on any atom is 0.258 e. The number of likely N-dealkylation sites (tertiary alicyclic amines) is 1. The van der Waals surface area contributed by atoms with E-state index < -0.39 is 0 Å². The summed E-state index contributed by atoms with van der Waals surface area (Å²) in [6.07, 6.45) is 6.35. The maximum atomic E-state index is 12.6. The van der Waals surface area contributed by atoms with Crippen molar-refractivity contribution >= 4 is 5.91 Å². The number of hydrogen-bond donors (Lipinski definition) is 0. The molecule has 0 spiro atoms. The molecule has 0 aromatic carbocycles. The van der Waals surface area contributed by atoms with E-state index in [1.807, 2.05) is 23.1 Å². The van der Waals surface area contributed by atoms with Gasteiger partial charge in [-0.25, -0.2) is 4.98 Å². The van der Waals surface area contributed by atoms with E-state index in [0.717, 1.165) is 12.8 Å². The molecule has 0 N–H and O–H groups in total. The number of ether oxygens (including phenoxy) is 2. The van der Waals surface area contributed by atoms with Crippen LogP contribution in [0.15, 0.2) is 41.4 Å². The summed E-state index contributed by atoms with van der Waals surface area (Å²) in [5, 5.41) is 3.62. The van der Waals surface area contributed by atoms with Gasteiger partial charge in [-0.2, -0.15) is 0 Å². The summed E-state index contributed by atoms with van der Waals surface area (Å²) in [5.74, 6) is 0.541. The molecule has 0 bridgehead atoms. The minimum absolute atomic E-state index is 0.0567. The van der Waals surface area contributed by atoms with Crippen LogP contribution in [0.5, 0.6) is 5.88 Å². The molecule has 2 aliphatic heterocycles. The fraction of sp³-hybridized carbons (Fsp3) is 0.471. The van der Waals surface area contributed by atoms with Crippen molar-refractivity contribution in [3.05, 3.63) is 42.4 Å². The van der Waals surface area contributed by atoms with Gasteiger partial charge in [0, 0.05) is 32.0 Å². The van der Waals surface area contributed by atoms with Crippen LogP contribution in [0.25, 0.3) is 0 Å². The fourth-order valence-electron chi connectivity index (χ4n) is 3.57. The standard InChI is InChI=1S/C17H19N3O4/c21-16(13-9-19-24-10-13)20-7-4-14-17(11-20,5-8-22-14)12-23-15-3-1-2-6-18-15/h1-3,6,9-10,14H,4-5,7-8,11-12H2/t14-,17+/m1/s1. The van der Waals surface area contributed by atoms with Gasteiger partial charge in [-0.05, 0) is 18.9 Å². The minimum Gasteiger partial charge on any atom is -0.477 e. The number of amides is 1. The van der Waals surface area contributed by atoms with Gasteiger partial charge in [0.05, 0.1) is 29.9 Å². The number of aromatic nitrogens is 2. The summed E-state index contributed by atoms with van der Waals surface area (Å²) in [6.45, 7) is 2.46. The van der Waals surface area contributed by atoms with Gasteiger partial charge < -0.3 is 18.9 Å². The van der Waals surface area contributed by atoms with Crippen molar-refractivity contribution in [1.82, 2.24) is 15.0 Å². The molecular weight excluding hydrogens is 310 g/mol. The molecule has 7 nitrogen and oxygen atoms in total. The molecule has 2 aliphatic rings. The van der Waals surface area contributed by atoms with Crippen molar-refractivity contribution in [2.24, 2.45) is 5.41 Å². The molecule has 0 unspecified atom stereocenters. The summed E-state index contributed by atoms with van der Waals surface area (Å²) in [5.41, 5.74) is 0.288. The van der Waals surface area contributed by atoms with Gasteiger partial charge in [0.1, 0.15) is 6.26 Å². The highest BCUT2D eigenvalue weighted by Gasteiger charge is 2.49. The van der Waals surface area contributed by atoms with Crippen molar-refractivity contribution in [1.29, 1.82) is 0 Å². The Hall–Kier alpha value is -2.41. The van der Waals surface area contributed by atoms with Crippen LogP contribution in [-0.4, -0.2) is 53.4 Å². The average Bonchev–Trinajstić information content (AvgIpc) is 3.29. The van der Waals surface area contributed by atoms with E-state index in [1.54, 1.807) is 6.20 Å². The Bertz CT molecular complexity index is 691. The van der Waals surface area contributed by atoms with Gasteiger partial charge in [0.2, 0.25) is 5.88 Å². The first kappa shape index (κ1) is 15.1. The number of rotatable bonds is 4. The second-order valence-electron chi connectivity index (χ2n) is 6.36. The SMILES string of the molecule is O=C(c1cnoc1)N1CC[C@H]2OCC[C@@]2(COc2ccccn2)C1. The molecule has 1 amide bonds. The molecule has 0 saturated carbocycles. The van der Waals surface area contributed by atoms with E-state index in [1.165, 1.54) is 12.5 Å². The number of carbonyl (C=O) groups excluding carboxylic acids is 1. The van der Waals surface area contributed by atoms with E-state index in [0.29, 0.717) is 37.7 Å². The zero-order valence-corrected chi connectivity index (χ0v) is 13.3. The fourth-order valence-corrected chi connectivity index (χ4v) is 3.57. The minimum atomic E-state index is -0.192. The lowest BCUT2D eigenvalue weighted by atomic mass is 9.77. The second kappa shape index (κ2) is 6.24. The van der Waals surface area contributed by atoms with Gasteiger partial charge in [0.25, 0.3) is 5.91 Å². The average molecular weight is 329 g/mol. The molecule has 24 heavy (non-hydrogen) atoms. The van der Waals surface area contributed by atoms with Crippen molar-refractivity contribution in [3.8, 4) is 5.88 Å². The monoisotopic (exact) mass is 329 g/mol. The van der Waals surface area contributed by atoms with Gasteiger partial charge in [0.15, 0.2) is 0 Å². The lowest BCUT2D eigenvalue weighted by Crippen LogP contribution is -2.54. The summed E-state index contributed by atoms with van der Waals surface area (Å²) >= 11 is 0. The van der Waals surface area contributed by atoms with E-state index in [2.05, 4.69) is 10.1 Å². The third-order valence-electron chi connectivity index (χ3n) is 4.88. The smallest absolute Gasteiger partial charge is 0.258 e. The van der Waals surface area contributed by atoms with E-state index >= 15 is 0 Å². The number of fused-ring (bicyclic) bond motifs is 1. The van der Waals surface area contributed by atoms with Gasteiger partial charge in [-0.15, -0.1) is 0 Å². The predicted octanol–water partition coefficient (Wildman–Crippen LogP) is 1.77. The molecule has 2 saturated heterocycles. The number of carbonyl (C=O) groups is 1. The lowest BCUT2D eigenvalue weighted by molar-refractivity contribution is -0.0332. The zero-order chi connectivity index (χ0) is 16.4. The number of piperidine rings is 1. The molecule has 7 heteroatoms. The Labute approximate surface area is 139 Å². The maximum absolute atomic E-state index is 12.6. The number of nitrogens with zero attached hydrogens (tertiary/aromatic N) is 3. The third kappa shape index (κ3) is 2.75. The number of pyridine rings is 1. The van der Waals surface area contributed by atoms with Crippen LogP contribution in [0, 0.1) is 5.41 Å². The Kier molecular flexibility index (Phi) is 3.93. The summed E-state index contributed by atoms with van der Waals surface area (Å²) in [7, 11) is 0. The molecule has 4 rings (SSSR count). The summed E-state index contributed by atoms with van der Waals surface area (Å²) in [6, 6.07) is 5.59. The van der Waals surface area contributed by atoms with E-state index in [-0.39, 0.29) is 17.4 Å². The Morgan fingerprint density at radius 3 is 3.21 bits per heavy atom. The second-order valence-corrected chi connectivity index (χ2v) is 6.36. The predicted molar refractivity (Wildman–Crippen MR) is 83.5 cm³/mol. The molecule has 126 valence electrons. The van der Waals surface area contributed by atoms with E-state index in [4.69, 9.17) is 14.0 Å². The van der Waals surface area contributed by atoms with Crippen molar-refractivity contribution < 1.29 is 18.8 Å². The first-order chi connectivity index (χ1) is 11.8. The van der Waals surface area contributed by atoms with Crippen molar-refractivity contribution in [2.75, 3.05) is 26.3 Å². The third-order valence-corrected chi connectivity index (χ3v) is 4.88. The highest BCUT2D eigenvalue weighted by atomic mass is 16.5. The van der Waals surface area contributed by atoms with Gasteiger partial charge in [-0.3, -0.25) is 4.79 Å². The van der Waals surface area contributed by atoms with Crippen LogP contribution >= 0.6 is 0 Å². The molecular formula is C17H19N3O4. The molecule has 0 radical (unpaired) electrons. The van der Waals surface area contributed by atoms with Crippen LogP contribution < -0.4 is 4.74 Å². The Morgan fingerprint density at radius 1 is 1.46 bits per heavy atom. The van der Waals surface area contributed by atoms with Crippen LogP contribution in [0.3, 0.4) is 0 Å². The Balaban J connectivity index is 1.49. The first-order valence-corrected chi connectivity index (χ1v) is 8.11. The summed E-state index contributed by atoms with van der Waals surface area (Å²) < 4.78 is 16.6. The Morgan fingerprint density at radius 2 is 2.42 bits per heavy atom. The summed E-state index contributed by atoms with van der Waals surface area (Å²) in [4.78, 5) is 18.6. The van der Waals surface area contributed by atoms with Crippen molar-refractivity contribution in [2.45, 2.75) is 18.9 Å². The quantitative estimate of drug-likeness (QED) is 0.851. The van der Waals surface area contributed by atoms with Crippen LogP contribution in [0.1, 0.15) is 23.2 Å². The highest BCUT2D eigenvalue weighted by Crippen LogP contribution is 2.41. The zero-order valence-electron chi connectivity index (χ0n) is 13.3. The number of hydrogen-bond acceptors (Lipinski definition) is 6. The van der Waals surface area contributed by atoms with Crippen LogP contribution in [0.4, 0.5) is 0 Å². The van der Waals surface area contributed by atoms with Gasteiger partial charge in [-0.1, -0.05) is 11.2 Å². The molecule has 2 atom stereocenters. The molecule has 4 heterocycles. The van der Waals surface area contributed by atoms with Gasteiger partial charge >= 0.3 is 0 Å². The molecule has 2 aromatic rings. The van der Waals surface area contributed by atoms with Crippen LogP contribution in [-0.2, 0) is 4.74 Å². The lowest BCUT2D eigenvalue weighted by Gasteiger charge is -2.43. The van der Waals surface area contributed by atoms with Crippen LogP contribution in [0.2, 0.25) is 0 Å². The molecule has 0 aliphatic carbocycles. The largest absolute Gasteiger partial charge is 0.477 e. The first-order valence-electron chi connectivity index (χ1n) is 8.11. The van der Waals surface area contributed by atoms with E-state index in [9.17, 15) is 4.79 Å². The highest BCUT2D eigenvalue weighted by molar-refractivity contribution is 5.93. The normalized spacial score (nSPS) is 26.2.